The maximum atomic E-state index is 10.3. The lowest BCUT2D eigenvalue weighted by atomic mass is 10.7. The van der Waals surface area contributed by atoms with Crippen LogP contribution < -0.4 is 5.73 Å². The van der Waals surface area contributed by atoms with Crippen molar-refractivity contribution in [2.75, 3.05) is 5.75 Å². The zero-order valence-electron chi connectivity index (χ0n) is 7.12. The summed E-state index contributed by atoms with van der Waals surface area (Å²) < 4.78 is 2.00. The van der Waals surface area contributed by atoms with Gasteiger partial charge in [0.15, 0.2) is 0 Å². The number of aromatic nitrogens is 2. The average molecular weight is 232 g/mol. The van der Waals surface area contributed by atoms with Crippen molar-refractivity contribution in [3.8, 4) is 0 Å². The molecule has 0 radical (unpaired) electrons. The van der Waals surface area contributed by atoms with Crippen molar-refractivity contribution in [3.63, 3.8) is 0 Å². The van der Waals surface area contributed by atoms with Gasteiger partial charge in [0.25, 0.3) is 0 Å². The molecule has 1 rings (SSSR count). The third-order valence-electron chi connectivity index (χ3n) is 1.40. The van der Waals surface area contributed by atoms with Crippen molar-refractivity contribution in [3.05, 3.63) is 22.6 Å². The Morgan fingerprint density at radius 3 is 3.07 bits per heavy atom. The number of thiocarbonyl (C=S) groups is 1. The predicted molar refractivity (Wildman–Crippen MR) is 58.1 cm³/mol. The van der Waals surface area contributed by atoms with E-state index in [2.05, 4.69) is 17.2 Å². The lowest BCUT2D eigenvalue weighted by molar-refractivity contribution is -0.389. The van der Waals surface area contributed by atoms with Gasteiger partial charge in [-0.15, -0.1) is 0 Å². The molecular formula is C6H8N4O2S2. The summed E-state index contributed by atoms with van der Waals surface area (Å²) >= 11 is 6.00. The van der Waals surface area contributed by atoms with Crippen LogP contribution in [0.3, 0.4) is 0 Å². The summed E-state index contributed by atoms with van der Waals surface area (Å²) in [5.74, 6) is 0.536. The fourth-order valence-corrected chi connectivity index (χ4v) is 1.57. The van der Waals surface area contributed by atoms with E-state index in [-0.39, 0.29) is 5.82 Å². The highest BCUT2D eigenvalue weighted by molar-refractivity contribution is 8.22. The largest absolute Gasteiger partial charge is 0.385 e. The second-order valence-electron chi connectivity index (χ2n) is 2.39. The van der Waals surface area contributed by atoms with Gasteiger partial charge in [-0.05, 0) is 9.91 Å². The van der Waals surface area contributed by atoms with E-state index in [1.807, 2.05) is 0 Å². The number of hydrogen-bond acceptors (Lipinski definition) is 5. The van der Waals surface area contributed by atoms with Gasteiger partial charge >= 0.3 is 5.82 Å². The topological polar surface area (TPSA) is 87.0 Å². The molecule has 0 aromatic carbocycles. The maximum absolute atomic E-state index is 10.3. The summed E-state index contributed by atoms with van der Waals surface area (Å²) in [5, 5.41) is 10.3. The molecule has 1 aromatic heterocycles. The zero-order chi connectivity index (χ0) is 10.6. The molecule has 1 aromatic rings. The minimum absolute atomic E-state index is 0.148. The molecule has 14 heavy (non-hydrogen) atoms. The van der Waals surface area contributed by atoms with Crippen LogP contribution in [-0.4, -0.2) is 24.5 Å². The molecule has 0 amide bonds. The Kier molecular flexibility index (Phi) is 3.84. The van der Waals surface area contributed by atoms with Gasteiger partial charge < -0.3 is 20.4 Å². The first-order valence-corrected chi connectivity index (χ1v) is 5.07. The number of rotatable bonds is 4. The van der Waals surface area contributed by atoms with Crippen molar-refractivity contribution in [2.45, 2.75) is 6.54 Å². The second-order valence-corrected chi connectivity index (χ2v) is 4.23. The summed E-state index contributed by atoms with van der Waals surface area (Å²) in [4.78, 5) is 13.4. The maximum Gasteiger partial charge on any atom is 0.381 e. The summed E-state index contributed by atoms with van der Waals surface area (Å²) in [6, 6.07) is 0. The van der Waals surface area contributed by atoms with E-state index in [0.29, 0.717) is 16.6 Å². The van der Waals surface area contributed by atoms with Crippen molar-refractivity contribution >= 4 is 34.1 Å². The van der Waals surface area contributed by atoms with E-state index in [9.17, 15) is 10.1 Å². The van der Waals surface area contributed by atoms with Crippen LogP contribution in [0.5, 0.6) is 0 Å². The average Bonchev–Trinajstić information content (AvgIpc) is 2.52. The van der Waals surface area contributed by atoms with Gasteiger partial charge in [0.1, 0.15) is 10.5 Å². The van der Waals surface area contributed by atoms with E-state index >= 15 is 0 Å². The van der Waals surface area contributed by atoms with Crippen LogP contribution in [0.15, 0.2) is 12.5 Å². The summed E-state index contributed by atoms with van der Waals surface area (Å²) in [6.07, 6.45) is 2.79. The number of nitrogens with two attached hydrogens (primary N) is 1. The molecular weight excluding hydrogens is 224 g/mol. The smallest absolute Gasteiger partial charge is 0.381 e. The molecule has 0 aliphatic heterocycles. The summed E-state index contributed by atoms with van der Waals surface area (Å²) in [7, 11) is 0. The van der Waals surface area contributed by atoms with E-state index in [1.165, 1.54) is 24.3 Å². The third kappa shape index (κ3) is 3.30. The molecule has 0 fully saturated rings. The molecule has 0 bridgehead atoms. The molecule has 6 nitrogen and oxygen atoms in total. The zero-order valence-corrected chi connectivity index (χ0v) is 8.75. The quantitative estimate of drug-likeness (QED) is 0.468. The minimum atomic E-state index is -0.531. The van der Waals surface area contributed by atoms with Gasteiger partial charge in [-0.2, -0.15) is 0 Å². The normalized spacial score (nSPS) is 10.0. The van der Waals surface area contributed by atoms with Crippen LogP contribution >= 0.6 is 24.0 Å². The summed E-state index contributed by atoms with van der Waals surface area (Å²) in [6.45, 7) is 0.600. The number of thioether (sulfide) groups is 1. The Hall–Kier alpha value is -1.15. The van der Waals surface area contributed by atoms with Crippen LogP contribution in [0.25, 0.3) is 0 Å². The van der Waals surface area contributed by atoms with Crippen LogP contribution in [-0.2, 0) is 6.54 Å². The van der Waals surface area contributed by atoms with Crippen molar-refractivity contribution in [1.29, 1.82) is 0 Å². The molecule has 0 atom stereocenters. The molecule has 2 N–H and O–H groups in total. The van der Waals surface area contributed by atoms with E-state index in [4.69, 9.17) is 5.73 Å². The lowest BCUT2D eigenvalue weighted by Crippen LogP contribution is -2.06. The van der Waals surface area contributed by atoms with Crippen LogP contribution in [0, 0.1) is 10.1 Å². The Labute approximate surface area is 89.6 Å². The van der Waals surface area contributed by atoms with Gasteiger partial charge in [-0.3, -0.25) is 0 Å². The first-order chi connectivity index (χ1) is 6.59. The molecule has 0 unspecified atom stereocenters. The highest BCUT2D eigenvalue weighted by atomic mass is 32.2. The molecule has 8 heteroatoms. The number of aryl methyl sites for hydroxylation is 1. The monoisotopic (exact) mass is 232 g/mol. The lowest BCUT2D eigenvalue weighted by Gasteiger charge is -1.98. The molecule has 0 spiro atoms. The molecule has 0 aliphatic carbocycles. The van der Waals surface area contributed by atoms with Crippen molar-refractivity contribution in [1.82, 2.24) is 9.55 Å². The third-order valence-corrected chi connectivity index (χ3v) is 2.43. The molecule has 0 saturated heterocycles. The first-order valence-electron chi connectivity index (χ1n) is 3.68. The Bertz CT molecular complexity index is 351. The Morgan fingerprint density at radius 1 is 1.86 bits per heavy atom. The van der Waals surface area contributed by atoms with Gasteiger partial charge in [0.2, 0.25) is 6.33 Å². The number of imidazole rings is 1. The molecule has 0 aliphatic rings. The van der Waals surface area contributed by atoms with Gasteiger partial charge in [0.05, 0.1) is 0 Å². The summed E-state index contributed by atoms with van der Waals surface area (Å²) in [5.41, 5.74) is 5.27. The standard InChI is InChI=1S/C6H8N4O2S2/c7-6(13)14-2-1-9-3-5(8-4-9)10(11)12/h3-4H,1-2H2,(H2,7,13). The van der Waals surface area contributed by atoms with Gasteiger partial charge in [0, 0.05) is 12.3 Å². The number of nitro groups is 1. The highest BCUT2D eigenvalue weighted by Gasteiger charge is 2.08. The van der Waals surface area contributed by atoms with Crippen LogP contribution in [0.4, 0.5) is 5.82 Å². The van der Waals surface area contributed by atoms with Crippen molar-refractivity contribution in [2.24, 2.45) is 5.73 Å². The minimum Gasteiger partial charge on any atom is -0.385 e. The second kappa shape index (κ2) is 4.91. The number of nitrogens with zero attached hydrogens (tertiary/aromatic N) is 3. The molecule has 0 saturated carbocycles. The van der Waals surface area contributed by atoms with Gasteiger partial charge in [-0.25, -0.2) is 0 Å². The van der Waals surface area contributed by atoms with Crippen molar-refractivity contribution < 1.29 is 4.92 Å². The van der Waals surface area contributed by atoms with E-state index in [1.54, 1.807) is 4.57 Å². The Morgan fingerprint density at radius 2 is 2.57 bits per heavy atom. The van der Waals surface area contributed by atoms with E-state index in [0.717, 1.165) is 0 Å². The SMILES string of the molecule is NC(=S)SCCn1cnc([N+](=O)[O-])c1. The predicted octanol–water partition coefficient (Wildman–Crippen LogP) is 0.768. The fraction of sp³-hybridized carbons (Fsp3) is 0.333. The molecule has 76 valence electrons. The van der Waals surface area contributed by atoms with E-state index < -0.39 is 4.92 Å². The Balaban J connectivity index is 2.44. The highest BCUT2D eigenvalue weighted by Crippen LogP contribution is 2.07. The fourth-order valence-electron chi connectivity index (χ4n) is 0.817. The van der Waals surface area contributed by atoms with Gasteiger partial charge in [-0.1, -0.05) is 24.0 Å². The number of hydrogen-bond donors (Lipinski definition) is 1. The van der Waals surface area contributed by atoms with Crippen LogP contribution in [0.1, 0.15) is 0 Å². The van der Waals surface area contributed by atoms with Crippen LogP contribution in [0.2, 0.25) is 0 Å². The first kappa shape index (κ1) is 10.9. The molecule has 1 heterocycles.